The van der Waals surface area contributed by atoms with Gasteiger partial charge in [0.15, 0.2) is 0 Å². The molecular weight excluding hydrogens is 346 g/mol. The summed E-state index contributed by atoms with van der Waals surface area (Å²) in [5.41, 5.74) is 2.61. The van der Waals surface area contributed by atoms with Crippen molar-refractivity contribution in [2.24, 2.45) is 11.8 Å². The number of fused-ring (bicyclic) bond motifs is 1. The molecule has 4 atom stereocenters. The lowest BCUT2D eigenvalue weighted by Crippen LogP contribution is -2.48. The van der Waals surface area contributed by atoms with E-state index in [9.17, 15) is 14.7 Å². The fourth-order valence-electron chi connectivity index (χ4n) is 4.64. The zero-order chi connectivity index (χ0) is 19.7. The highest BCUT2D eigenvalue weighted by molar-refractivity contribution is 5.93. The van der Waals surface area contributed by atoms with Gasteiger partial charge in [-0.25, -0.2) is 0 Å². The van der Waals surface area contributed by atoms with Gasteiger partial charge < -0.3 is 15.7 Å². The Bertz CT molecular complexity index is 716. The molecule has 3 rings (SSSR count). The number of anilines is 1. The third-order valence-electron chi connectivity index (χ3n) is 5.92. The number of aliphatic hydroxyl groups excluding tert-OH is 1. The van der Waals surface area contributed by atoms with Crippen molar-refractivity contribution >= 4 is 17.5 Å². The standard InChI is InChI=1S/C19H31N5O3/c1-5-24-12(3)19(11(2)22-24)21-18(27)10-23-8-14-6-16(20-13(4)25)17(26)7-15(14)9-23/h14-17,26H,5-10H2,1-4H3,(H,20,25)(H,21,27)/t14-,15+,16-,17-/m1/s1. The van der Waals surface area contributed by atoms with E-state index >= 15 is 0 Å². The van der Waals surface area contributed by atoms with Crippen molar-refractivity contribution in [1.29, 1.82) is 0 Å². The molecule has 3 N–H and O–H groups in total. The van der Waals surface area contributed by atoms with Crippen molar-refractivity contribution in [2.75, 3.05) is 25.0 Å². The summed E-state index contributed by atoms with van der Waals surface area (Å²) in [6.07, 6.45) is 0.939. The molecule has 150 valence electrons. The highest BCUT2D eigenvalue weighted by Crippen LogP contribution is 2.36. The highest BCUT2D eigenvalue weighted by atomic mass is 16.3. The summed E-state index contributed by atoms with van der Waals surface area (Å²) in [5.74, 6) is 0.646. The van der Waals surface area contributed by atoms with Crippen molar-refractivity contribution in [3.8, 4) is 0 Å². The second-order valence-electron chi connectivity index (χ2n) is 7.97. The van der Waals surface area contributed by atoms with Gasteiger partial charge in [-0.3, -0.25) is 19.2 Å². The van der Waals surface area contributed by atoms with Crippen molar-refractivity contribution < 1.29 is 14.7 Å². The fraction of sp³-hybridized carbons (Fsp3) is 0.737. The van der Waals surface area contributed by atoms with Crippen molar-refractivity contribution in [1.82, 2.24) is 20.0 Å². The first-order chi connectivity index (χ1) is 12.8. The maximum atomic E-state index is 12.6. The van der Waals surface area contributed by atoms with Crippen LogP contribution in [-0.4, -0.2) is 63.4 Å². The number of aromatic nitrogens is 2. The molecule has 0 radical (unpaired) electrons. The van der Waals surface area contributed by atoms with E-state index in [0.29, 0.717) is 24.8 Å². The minimum absolute atomic E-state index is 0.0329. The maximum Gasteiger partial charge on any atom is 0.238 e. The van der Waals surface area contributed by atoms with E-state index in [4.69, 9.17) is 0 Å². The third-order valence-corrected chi connectivity index (χ3v) is 5.92. The molecule has 2 heterocycles. The number of hydrogen-bond acceptors (Lipinski definition) is 5. The van der Waals surface area contributed by atoms with Crippen LogP contribution in [0, 0.1) is 25.7 Å². The smallest absolute Gasteiger partial charge is 0.238 e. The van der Waals surface area contributed by atoms with E-state index in [2.05, 4.69) is 20.6 Å². The van der Waals surface area contributed by atoms with Gasteiger partial charge in [-0.1, -0.05) is 0 Å². The third kappa shape index (κ3) is 4.32. The summed E-state index contributed by atoms with van der Waals surface area (Å²) in [5, 5.41) is 20.6. The van der Waals surface area contributed by atoms with Crippen molar-refractivity contribution in [3.63, 3.8) is 0 Å². The summed E-state index contributed by atoms with van der Waals surface area (Å²) in [6, 6.07) is -0.178. The molecule has 8 nitrogen and oxygen atoms in total. The van der Waals surface area contributed by atoms with Crippen LogP contribution in [0.25, 0.3) is 0 Å². The van der Waals surface area contributed by atoms with E-state index in [0.717, 1.165) is 43.1 Å². The topological polar surface area (TPSA) is 99.5 Å². The quantitative estimate of drug-likeness (QED) is 0.700. The molecular formula is C19H31N5O3. The molecule has 1 aliphatic carbocycles. The van der Waals surface area contributed by atoms with E-state index in [1.165, 1.54) is 6.92 Å². The van der Waals surface area contributed by atoms with Gasteiger partial charge in [-0.2, -0.15) is 5.10 Å². The molecule has 27 heavy (non-hydrogen) atoms. The molecule has 1 saturated carbocycles. The Morgan fingerprint density at radius 3 is 2.48 bits per heavy atom. The summed E-state index contributed by atoms with van der Waals surface area (Å²) < 4.78 is 1.89. The lowest BCUT2D eigenvalue weighted by Gasteiger charge is -2.35. The van der Waals surface area contributed by atoms with Crippen molar-refractivity contribution in [2.45, 2.75) is 59.2 Å². The molecule has 8 heteroatoms. The summed E-state index contributed by atoms with van der Waals surface area (Å²) >= 11 is 0. The second-order valence-corrected chi connectivity index (χ2v) is 7.97. The van der Waals surface area contributed by atoms with Gasteiger partial charge in [0, 0.05) is 26.6 Å². The number of carbonyl (C=O) groups is 2. The summed E-state index contributed by atoms with van der Waals surface area (Å²) in [6.45, 7) is 10.1. The van der Waals surface area contributed by atoms with E-state index in [-0.39, 0.29) is 17.9 Å². The lowest BCUT2D eigenvalue weighted by molar-refractivity contribution is -0.121. The maximum absolute atomic E-state index is 12.6. The molecule has 1 aliphatic heterocycles. The number of hydrogen-bond donors (Lipinski definition) is 3. The van der Waals surface area contributed by atoms with Gasteiger partial charge in [-0.15, -0.1) is 0 Å². The van der Waals surface area contributed by atoms with Gasteiger partial charge in [0.25, 0.3) is 0 Å². The Labute approximate surface area is 160 Å². The van der Waals surface area contributed by atoms with Crippen LogP contribution in [0.3, 0.4) is 0 Å². The van der Waals surface area contributed by atoms with Crippen LogP contribution in [-0.2, 0) is 16.1 Å². The van der Waals surface area contributed by atoms with E-state index < -0.39 is 6.10 Å². The average Bonchev–Trinajstić information content (AvgIpc) is 3.08. The zero-order valence-corrected chi connectivity index (χ0v) is 16.7. The van der Waals surface area contributed by atoms with Crippen LogP contribution in [0.15, 0.2) is 0 Å². The Balaban J connectivity index is 1.56. The van der Waals surface area contributed by atoms with Crippen molar-refractivity contribution in [3.05, 3.63) is 11.4 Å². The number of carbonyl (C=O) groups excluding carboxylic acids is 2. The molecule has 1 saturated heterocycles. The minimum atomic E-state index is -0.505. The fourth-order valence-corrected chi connectivity index (χ4v) is 4.64. The molecule has 1 aromatic rings. The summed E-state index contributed by atoms with van der Waals surface area (Å²) in [7, 11) is 0. The van der Waals surface area contributed by atoms with E-state index in [1.807, 2.05) is 25.5 Å². The molecule has 1 aromatic heterocycles. The van der Waals surface area contributed by atoms with Gasteiger partial charge in [-0.05, 0) is 45.4 Å². The summed E-state index contributed by atoms with van der Waals surface area (Å²) in [4.78, 5) is 26.0. The monoisotopic (exact) mass is 377 g/mol. The Morgan fingerprint density at radius 1 is 1.22 bits per heavy atom. The molecule has 0 aromatic carbocycles. The van der Waals surface area contributed by atoms with Crippen LogP contribution in [0.5, 0.6) is 0 Å². The number of aryl methyl sites for hydroxylation is 2. The predicted octanol–water partition coefficient (Wildman–Crippen LogP) is 0.666. The van der Waals surface area contributed by atoms with Gasteiger partial charge >= 0.3 is 0 Å². The first-order valence-corrected chi connectivity index (χ1v) is 9.79. The van der Waals surface area contributed by atoms with Crippen LogP contribution in [0.2, 0.25) is 0 Å². The normalized spacial score (nSPS) is 28.0. The molecule has 2 aliphatic rings. The van der Waals surface area contributed by atoms with Crippen LogP contribution < -0.4 is 10.6 Å². The number of likely N-dealkylation sites (tertiary alicyclic amines) is 1. The van der Waals surface area contributed by atoms with Gasteiger partial charge in [0.2, 0.25) is 11.8 Å². The molecule has 2 amide bonds. The highest BCUT2D eigenvalue weighted by Gasteiger charge is 2.42. The van der Waals surface area contributed by atoms with Crippen LogP contribution >= 0.6 is 0 Å². The Kier molecular flexibility index (Phi) is 5.86. The number of nitrogens with zero attached hydrogens (tertiary/aromatic N) is 3. The molecule has 2 fully saturated rings. The van der Waals surface area contributed by atoms with Crippen LogP contribution in [0.4, 0.5) is 5.69 Å². The largest absolute Gasteiger partial charge is 0.391 e. The van der Waals surface area contributed by atoms with E-state index in [1.54, 1.807) is 0 Å². The van der Waals surface area contributed by atoms with Gasteiger partial charge in [0.1, 0.15) is 0 Å². The number of nitrogens with one attached hydrogen (secondary N) is 2. The van der Waals surface area contributed by atoms with Gasteiger partial charge in [0.05, 0.1) is 35.8 Å². The number of aliphatic hydroxyl groups is 1. The minimum Gasteiger partial charge on any atom is -0.391 e. The average molecular weight is 377 g/mol. The van der Waals surface area contributed by atoms with Crippen LogP contribution in [0.1, 0.15) is 38.1 Å². The predicted molar refractivity (Wildman–Crippen MR) is 102 cm³/mol. The number of amides is 2. The first kappa shape index (κ1) is 19.8. The molecule has 0 unspecified atom stereocenters. The SMILES string of the molecule is CCn1nc(C)c(NC(=O)CN2C[C@H]3C[C@@H](NC(C)=O)[C@H](O)C[C@H]3C2)c1C. The second kappa shape index (κ2) is 7.98. The molecule has 0 spiro atoms. The lowest BCUT2D eigenvalue weighted by atomic mass is 9.77. The zero-order valence-electron chi connectivity index (χ0n) is 16.7. The first-order valence-electron chi connectivity index (χ1n) is 9.79. The Morgan fingerprint density at radius 2 is 1.89 bits per heavy atom. The molecule has 0 bridgehead atoms. The number of rotatable bonds is 5. The Hall–Kier alpha value is -1.93.